The molecule has 4 aromatic rings. The monoisotopic (exact) mass is 694 g/mol. The number of hydrogen-bond acceptors (Lipinski definition) is 16. The van der Waals surface area contributed by atoms with Crippen LogP contribution in [0.2, 0.25) is 0 Å². The van der Waals surface area contributed by atoms with Crippen LogP contribution in [0, 0.1) is 0 Å². The molecule has 5 N–H and O–H groups in total. The average Bonchev–Trinajstić information content (AvgIpc) is 3.73. The summed E-state index contributed by atoms with van der Waals surface area (Å²) in [4.78, 5) is 35.2. The van der Waals surface area contributed by atoms with E-state index in [1.54, 1.807) is 0 Å². The molecule has 0 radical (unpaired) electrons. The minimum atomic E-state index is -4.41. The second-order valence-corrected chi connectivity index (χ2v) is 15.5. The number of anilines is 2. The molecule has 3 aliphatic rings. The molecule has 3 fully saturated rings. The number of nitrogens with two attached hydrogens (primary N) is 2. The SMILES string of the molecule is Nc1ncnc2c1ncn2[C@@H]1O[C@@H]2COP(O)(=S)O[C@@H]3[C@H](F)C(COP(=O)(S)O[C@H]2[C@H]1F)O[C@H]3n1cnc2c(N)ncnc21. The number of aromatic nitrogens is 8. The molecule has 2 bridgehead atoms. The zero-order chi connectivity index (χ0) is 31.0. The zero-order valence-electron chi connectivity index (χ0n) is 21.9. The summed E-state index contributed by atoms with van der Waals surface area (Å²) in [5.41, 5.74) is 12.4. The highest BCUT2D eigenvalue weighted by Crippen LogP contribution is 2.58. The third kappa shape index (κ3) is 5.26. The number of nitrogens with zero attached hydrogens (tertiary/aromatic N) is 8. The van der Waals surface area contributed by atoms with E-state index in [0.29, 0.717) is 0 Å². The summed E-state index contributed by atoms with van der Waals surface area (Å²) >= 11 is 9.16. The highest BCUT2D eigenvalue weighted by atomic mass is 32.7. The summed E-state index contributed by atoms with van der Waals surface area (Å²) in [6.45, 7) is -10.0. The third-order valence-corrected chi connectivity index (χ3v) is 10.3. The lowest BCUT2D eigenvalue weighted by atomic mass is 10.1. The summed E-state index contributed by atoms with van der Waals surface area (Å²) in [6, 6.07) is 0. The van der Waals surface area contributed by atoms with Gasteiger partial charge in [-0.1, -0.05) is 12.2 Å². The van der Waals surface area contributed by atoms with Gasteiger partial charge in [0.15, 0.2) is 47.7 Å². The molecule has 0 aromatic carbocycles. The fourth-order valence-corrected chi connectivity index (χ4v) is 8.05. The van der Waals surface area contributed by atoms with Crippen LogP contribution in [0.25, 0.3) is 22.3 Å². The van der Waals surface area contributed by atoms with Crippen molar-refractivity contribution in [2.45, 2.75) is 49.2 Å². The number of imidazole rings is 2. The lowest BCUT2D eigenvalue weighted by Gasteiger charge is -2.27. The van der Waals surface area contributed by atoms with Crippen LogP contribution in [0.3, 0.4) is 0 Å². The summed E-state index contributed by atoms with van der Waals surface area (Å²) in [5.74, 6) is 0.110. The minimum Gasteiger partial charge on any atom is -0.382 e. The van der Waals surface area contributed by atoms with Crippen molar-refractivity contribution >= 4 is 71.5 Å². The van der Waals surface area contributed by atoms with E-state index in [1.807, 2.05) is 0 Å². The number of ether oxygens (including phenoxy) is 2. The second kappa shape index (κ2) is 11.1. The number of alkyl halides is 2. The lowest BCUT2D eigenvalue weighted by Crippen LogP contribution is -2.34. The van der Waals surface area contributed by atoms with Crippen molar-refractivity contribution in [2.24, 2.45) is 0 Å². The van der Waals surface area contributed by atoms with Gasteiger partial charge < -0.3 is 30.4 Å². The normalized spacial score (nSPS) is 38.3. The molecule has 0 saturated carbocycles. The second-order valence-electron chi connectivity index (χ2n) is 9.85. The van der Waals surface area contributed by atoms with E-state index in [-0.39, 0.29) is 34.0 Å². The quantitative estimate of drug-likeness (QED) is 0.171. The van der Waals surface area contributed by atoms with Crippen molar-refractivity contribution in [3.8, 4) is 0 Å². The van der Waals surface area contributed by atoms with Crippen LogP contribution in [0.1, 0.15) is 12.5 Å². The van der Waals surface area contributed by atoms with E-state index >= 15 is 8.78 Å². The van der Waals surface area contributed by atoms with Crippen LogP contribution in [0.4, 0.5) is 20.4 Å². The van der Waals surface area contributed by atoms with Gasteiger partial charge >= 0.3 is 13.5 Å². The molecule has 10 atom stereocenters. The molecule has 3 saturated heterocycles. The standard InChI is InChI=1S/C20H22F2N10O8P2S2/c21-9-7-1-35-41(33,43)39-13-8(38-19(10(13)22)31-5-29-11-15(23)25-3-27-17(11)31)2-36-42(34,44)40-14(9)20(37-7)32-6-30-12-16(24)26-4-28-18(12)32/h3-10,13-14,19-20H,1-2H2,(H,33,43)(H,34,44)(H2,23,25,27)(H2,24,26,28)/t7?,8-,9-,10-,13-,14-,19-,20-,41?,42?/m1/s1. The summed E-state index contributed by atoms with van der Waals surface area (Å²) in [6.07, 6.45) is -8.00. The number of hydrogen-bond donors (Lipinski definition) is 4. The van der Waals surface area contributed by atoms with Crippen LogP contribution in [0.15, 0.2) is 25.3 Å². The largest absolute Gasteiger partial charge is 0.386 e. The van der Waals surface area contributed by atoms with Crippen LogP contribution in [-0.2, 0) is 43.9 Å². The molecule has 0 amide bonds. The molecular formula is C20H22F2N10O8P2S2. The maximum Gasteiger partial charge on any atom is 0.386 e. The Morgan fingerprint density at radius 3 is 2.05 bits per heavy atom. The van der Waals surface area contributed by atoms with Crippen molar-refractivity contribution < 1.29 is 45.8 Å². The molecule has 18 nitrogen and oxygen atoms in total. The lowest BCUT2D eigenvalue weighted by molar-refractivity contribution is -0.0584. The molecular weight excluding hydrogens is 672 g/mol. The van der Waals surface area contributed by atoms with Crippen LogP contribution < -0.4 is 11.5 Å². The molecule has 7 rings (SSSR count). The first kappa shape index (κ1) is 30.2. The molecule has 0 spiro atoms. The first-order valence-electron chi connectivity index (χ1n) is 12.7. The molecule has 3 aliphatic heterocycles. The number of nitrogen functional groups attached to an aromatic ring is 2. The summed E-state index contributed by atoms with van der Waals surface area (Å²) in [7, 11) is 0. The average molecular weight is 695 g/mol. The molecule has 4 aromatic heterocycles. The van der Waals surface area contributed by atoms with E-state index in [9.17, 15) is 9.46 Å². The van der Waals surface area contributed by atoms with Crippen molar-refractivity contribution in [2.75, 3.05) is 24.7 Å². The van der Waals surface area contributed by atoms with Gasteiger partial charge in [-0.15, -0.1) is 0 Å². The number of fused-ring (bicyclic) bond motifs is 5. The Hall–Kier alpha value is -2.49. The zero-order valence-corrected chi connectivity index (χ0v) is 25.4. The van der Waals surface area contributed by atoms with E-state index in [0.717, 1.165) is 6.33 Å². The van der Waals surface area contributed by atoms with Gasteiger partial charge in [0, 0.05) is 0 Å². The Labute approximate surface area is 255 Å². The van der Waals surface area contributed by atoms with Gasteiger partial charge in [-0.05, 0) is 11.8 Å². The fraction of sp³-hybridized carbons (Fsp3) is 0.500. The highest BCUT2D eigenvalue weighted by molar-refractivity contribution is 8.44. The van der Waals surface area contributed by atoms with Gasteiger partial charge in [-0.2, -0.15) is 0 Å². The van der Waals surface area contributed by atoms with E-state index in [4.69, 9.17) is 50.8 Å². The number of rotatable bonds is 2. The van der Waals surface area contributed by atoms with E-state index < -0.39 is 75.9 Å². The minimum absolute atomic E-state index is 0.0524. The Balaban J connectivity index is 1.20. The smallest absolute Gasteiger partial charge is 0.382 e. The van der Waals surface area contributed by atoms with E-state index in [2.05, 4.69) is 42.2 Å². The van der Waals surface area contributed by atoms with Crippen molar-refractivity contribution in [3.05, 3.63) is 25.3 Å². The van der Waals surface area contributed by atoms with Gasteiger partial charge in [0.1, 0.15) is 48.1 Å². The van der Waals surface area contributed by atoms with Crippen molar-refractivity contribution in [1.82, 2.24) is 39.0 Å². The predicted molar refractivity (Wildman–Crippen MR) is 152 cm³/mol. The van der Waals surface area contributed by atoms with Crippen LogP contribution >= 0.6 is 25.8 Å². The predicted octanol–water partition coefficient (Wildman–Crippen LogP) is 1.37. The van der Waals surface area contributed by atoms with E-state index in [1.165, 1.54) is 28.1 Å². The van der Waals surface area contributed by atoms with Crippen LogP contribution in [-0.4, -0.2) is 93.9 Å². The Bertz CT molecular complexity index is 1840. The summed E-state index contributed by atoms with van der Waals surface area (Å²) < 4.78 is 81.3. The molecule has 7 heterocycles. The first-order chi connectivity index (χ1) is 20.9. The third-order valence-electron chi connectivity index (χ3n) is 7.17. The Morgan fingerprint density at radius 2 is 1.41 bits per heavy atom. The first-order valence-corrected chi connectivity index (χ1v) is 18.0. The fourth-order valence-electron chi connectivity index (χ4n) is 5.16. The Morgan fingerprint density at radius 1 is 0.841 bits per heavy atom. The number of halogens is 2. The van der Waals surface area contributed by atoms with Gasteiger partial charge in [-0.25, -0.2) is 43.2 Å². The molecule has 24 heteroatoms. The number of thiol groups is 1. The molecule has 3 unspecified atom stereocenters. The molecule has 236 valence electrons. The van der Waals surface area contributed by atoms with Crippen molar-refractivity contribution in [3.63, 3.8) is 0 Å². The molecule has 44 heavy (non-hydrogen) atoms. The topological polar surface area (TPSA) is 232 Å². The maximum absolute atomic E-state index is 16.0. The van der Waals surface area contributed by atoms with Gasteiger partial charge in [0.05, 0.1) is 25.9 Å². The van der Waals surface area contributed by atoms with Crippen molar-refractivity contribution in [1.29, 1.82) is 0 Å². The summed E-state index contributed by atoms with van der Waals surface area (Å²) in [5, 5.41) is 0. The van der Waals surface area contributed by atoms with Gasteiger partial charge in [0.2, 0.25) is 0 Å². The van der Waals surface area contributed by atoms with Gasteiger partial charge in [0.25, 0.3) is 0 Å². The highest BCUT2D eigenvalue weighted by Gasteiger charge is 2.54. The van der Waals surface area contributed by atoms with Gasteiger partial charge in [-0.3, -0.25) is 22.7 Å². The van der Waals surface area contributed by atoms with Crippen LogP contribution in [0.5, 0.6) is 0 Å². The maximum atomic E-state index is 16.0. The molecule has 0 aliphatic carbocycles. The Kier molecular flexibility index (Phi) is 7.61.